The maximum Gasteiger partial charge on any atom is 0.410 e. The molecule has 0 aliphatic carbocycles. The number of hydrogen-bond acceptors (Lipinski definition) is 26. The number of hydrogen-bond donors (Lipinski definition) is 6. The van der Waals surface area contributed by atoms with Crippen molar-refractivity contribution in [2.24, 2.45) is 0 Å². The molecule has 3 aliphatic heterocycles. The maximum absolute atomic E-state index is 14.0. The first-order valence-corrected chi connectivity index (χ1v) is 43.6. The zero-order valence-electron chi connectivity index (χ0n) is 76.3. The van der Waals surface area contributed by atoms with Gasteiger partial charge in [0.05, 0.1) is 19.6 Å². The van der Waals surface area contributed by atoms with Gasteiger partial charge in [-0.3, -0.25) is 58.2 Å². The second kappa shape index (κ2) is 54.7. The van der Waals surface area contributed by atoms with Crippen molar-refractivity contribution >= 4 is 71.9 Å². The number of anilines is 2. The van der Waals surface area contributed by atoms with Crippen molar-refractivity contribution in [3.63, 3.8) is 0 Å². The van der Waals surface area contributed by atoms with Gasteiger partial charge in [-0.2, -0.15) is 0 Å². The van der Waals surface area contributed by atoms with E-state index in [1.807, 2.05) is 88.0 Å². The van der Waals surface area contributed by atoms with Crippen LogP contribution in [0.15, 0.2) is 33.9 Å². The fraction of sp³-hybridized carbons (Fsp3) is 0.767. The SMILES string of the molecule is CC(C)(C)OC(=O)N1CCCN(C(=O)OC(C)(C)C)CCN(Cc2ccc(CN3CCCN(C(=O)OC(C)(C)C)CCN(C(=O)OC(C)(C)C)CCCN(C(=O)OC(C)(C)C)CC3)cc2)CCCN(CCCCC(=O)NCCCCCNc2c(NCCCC(C(=O)O)N3CCN(CC=O)CCN(CC(=O)O)CCN(CC(=O)O)CC3)c(=O)c2=O)CC1.O.[Gd]. The van der Waals surface area contributed by atoms with Crippen LogP contribution in [0.1, 0.15) is 192 Å². The van der Waals surface area contributed by atoms with Gasteiger partial charge in [-0.25, -0.2) is 24.0 Å². The van der Waals surface area contributed by atoms with Gasteiger partial charge in [-0.05, 0) is 205 Å². The van der Waals surface area contributed by atoms with Crippen LogP contribution in [-0.4, -0.2) is 377 Å². The molecule has 0 aromatic heterocycles. The molecule has 123 heavy (non-hydrogen) atoms. The van der Waals surface area contributed by atoms with Gasteiger partial charge in [-0.1, -0.05) is 24.3 Å². The molecule has 37 heteroatoms. The number of unbranched alkanes of at least 4 members (excludes halogenated alkanes) is 3. The molecule has 0 bridgehead atoms. The fourth-order valence-electron chi connectivity index (χ4n) is 14.3. The normalized spacial score (nSPS) is 17.7. The Balaban J connectivity index is 0.0000195. The average molecular weight is 1890 g/mol. The van der Waals surface area contributed by atoms with E-state index in [2.05, 4.69) is 54.9 Å². The van der Waals surface area contributed by atoms with Crippen molar-refractivity contribution in [3.05, 3.63) is 55.8 Å². The van der Waals surface area contributed by atoms with E-state index < -0.39 is 93.3 Å². The van der Waals surface area contributed by atoms with Gasteiger partial charge in [-0.15, -0.1) is 0 Å². The van der Waals surface area contributed by atoms with Crippen LogP contribution in [0, 0.1) is 39.9 Å². The third kappa shape index (κ3) is 45.7. The van der Waals surface area contributed by atoms with Gasteiger partial charge in [0.1, 0.15) is 51.7 Å². The van der Waals surface area contributed by atoms with Gasteiger partial charge >= 0.3 is 48.4 Å². The Labute approximate surface area is 761 Å². The Morgan fingerprint density at radius 3 is 1.08 bits per heavy atom. The van der Waals surface area contributed by atoms with E-state index >= 15 is 0 Å². The molecule has 36 nitrogen and oxygen atoms in total. The van der Waals surface area contributed by atoms with E-state index in [9.17, 15) is 72.9 Å². The van der Waals surface area contributed by atoms with E-state index in [0.717, 1.165) is 30.3 Å². The third-order valence-corrected chi connectivity index (χ3v) is 20.5. The van der Waals surface area contributed by atoms with Crippen molar-refractivity contribution in [3.8, 4) is 0 Å². The number of carbonyl (C=O) groups is 10. The minimum absolute atomic E-state index is 0. The van der Waals surface area contributed by atoms with Crippen molar-refractivity contribution < 1.29 is 132 Å². The predicted molar refractivity (Wildman–Crippen MR) is 466 cm³/mol. The Hall–Kier alpha value is -7.20. The van der Waals surface area contributed by atoms with Crippen LogP contribution < -0.4 is 26.8 Å². The van der Waals surface area contributed by atoms with Crippen LogP contribution >= 0.6 is 0 Å². The summed E-state index contributed by atoms with van der Waals surface area (Å²) in [6.45, 7) is 38.4. The summed E-state index contributed by atoms with van der Waals surface area (Å²) in [7, 11) is 0. The zero-order chi connectivity index (χ0) is 89.7. The van der Waals surface area contributed by atoms with E-state index in [1.54, 1.807) is 60.0 Å². The average Bonchev–Trinajstić information content (AvgIpc) is 0.783. The molecule has 5 rings (SSSR count). The number of rotatable bonds is 29. The standard InChI is InChI=1S/C86H147N15O20.Gd.H2O/c1-82(2,3)117-77(112)97-40-24-41-98(78(113)118-83(4,5)6)56-51-92(62-66-28-30-67(31-29-66)63-93-38-23-39-100(80(115)120-85(10,11)12)58-59-101(81(116)121-86(13,14)15)43-25-42-99(57-52-93)79(114)119-84(7,8)9)37-22-36-90(49-55-97)35-20-17-27-69(103)87-32-18-16-19-33-88-72-73(75(109)74(72)108)89-34-21-26-68(76(110)111)96-53-48-91(60-61-102)44-45-94(64-70(104)105)46-47-95(50-54-96)65-71(106)107;;/h28-31,61,68,88-89H,16-27,32-60,62-65H2,1-15H3,(H,87,103)(H,104,105)(H,106,107)(H,110,111);;1H2. The summed E-state index contributed by atoms with van der Waals surface area (Å²) in [6, 6.07) is 7.52. The predicted octanol–water partition coefficient (Wildman–Crippen LogP) is 6.94. The molecule has 3 saturated heterocycles. The van der Waals surface area contributed by atoms with Gasteiger partial charge in [0.15, 0.2) is 0 Å². The quantitative estimate of drug-likeness (QED) is 0.0208. The Bertz CT molecular complexity index is 3630. The number of carbonyl (C=O) groups excluding carboxylic acids is 7. The summed E-state index contributed by atoms with van der Waals surface area (Å²) in [6.07, 6.45) is 4.83. The van der Waals surface area contributed by atoms with Gasteiger partial charge in [0.25, 0.3) is 10.9 Å². The van der Waals surface area contributed by atoms with Crippen molar-refractivity contribution in [2.45, 2.75) is 228 Å². The monoisotopic (exact) mass is 1890 g/mol. The number of carboxylic acids is 3. The third-order valence-electron chi connectivity index (χ3n) is 20.5. The maximum atomic E-state index is 14.0. The number of nitrogens with one attached hydrogen (secondary N) is 3. The molecule has 2 aromatic rings. The molecule has 1 unspecified atom stereocenters. The van der Waals surface area contributed by atoms with Gasteiger partial charge in [0.2, 0.25) is 5.91 Å². The molecular weight excluding hydrogens is 1740 g/mol. The molecule has 2 aromatic carbocycles. The van der Waals surface area contributed by atoms with Crippen molar-refractivity contribution in [1.82, 2.24) is 64.1 Å². The summed E-state index contributed by atoms with van der Waals surface area (Å²) < 4.78 is 29.5. The van der Waals surface area contributed by atoms with Crippen LogP contribution in [0.4, 0.5) is 35.3 Å². The number of aldehydes is 1. The second-order valence-corrected chi connectivity index (χ2v) is 36.9. The molecule has 0 spiro atoms. The first kappa shape index (κ1) is 110. The molecule has 1 atom stereocenters. The second-order valence-electron chi connectivity index (χ2n) is 36.9. The number of carboxylic acid groups (broad SMARTS) is 3. The first-order chi connectivity index (χ1) is 56.8. The number of ether oxygens (including phenoxy) is 5. The molecule has 3 heterocycles. The molecule has 702 valence electrons. The molecule has 0 radical (unpaired) electrons. The molecule has 3 aliphatic rings. The largest absolute Gasteiger partial charge is 0.480 e. The topological polar surface area (TPSA) is 418 Å². The number of nitrogens with zero attached hydrogens (tertiary/aromatic N) is 12. The summed E-state index contributed by atoms with van der Waals surface area (Å²) in [5.41, 5.74) is -2.64. The van der Waals surface area contributed by atoms with E-state index in [4.69, 9.17) is 23.7 Å². The Morgan fingerprint density at radius 1 is 0.390 bits per heavy atom. The summed E-state index contributed by atoms with van der Waals surface area (Å²) in [5.74, 6) is -3.28. The number of amides is 6. The van der Waals surface area contributed by atoms with Crippen LogP contribution in [0.2, 0.25) is 0 Å². The Morgan fingerprint density at radius 2 is 0.707 bits per heavy atom. The molecule has 8 N–H and O–H groups in total. The number of aliphatic carboxylic acids is 3. The zero-order valence-corrected chi connectivity index (χ0v) is 78.6. The summed E-state index contributed by atoms with van der Waals surface area (Å²) >= 11 is 0. The minimum atomic E-state index is -1.10. The minimum Gasteiger partial charge on any atom is -0.480 e. The van der Waals surface area contributed by atoms with Gasteiger partial charge in [0, 0.05) is 223 Å². The van der Waals surface area contributed by atoms with E-state index in [1.165, 1.54) is 0 Å². The molecular formula is C86H149GdN15O21. The van der Waals surface area contributed by atoms with E-state index in [0.29, 0.717) is 195 Å². The molecule has 6 amide bonds. The first-order valence-electron chi connectivity index (χ1n) is 43.6. The summed E-state index contributed by atoms with van der Waals surface area (Å²) in [4.78, 5) is 178. The summed E-state index contributed by atoms with van der Waals surface area (Å²) in [5, 5.41) is 38.8. The number of benzene rings is 1. The van der Waals surface area contributed by atoms with E-state index in [-0.39, 0.29) is 148 Å². The van der Waals surface area contributed by atoms with Gasteiger partial charge < -0.3 is 94.6 Å². The van der Waals surface area contributed by atoms with Crippen LogP contribution in [-0.2, 0) is 60.7 Å². The van der Waals surface area contributed by atoms with Crippen molar-refractivity contribution in [2.75, 3.05) is 214 Å². The van der Waals surface area contributed by atoms with Crippen LogP contribution in [0.5, 0.6) is 0 Å². The van der Waals surface area contributed by atoms with Crippen LogP contribution in [0.25, 0.3) is 0 Å². The van der Waals surface area contributed by atoms with Crippen molar-refractivity contribution in [1.29, 1.82) is 0 Å². The molecule has 0 saturated carbocycles. The Kier molecular flexibility index (Phi) is 49.0. The molecule has 3 fully saturated rings. The fourth-order valence-corrected chi connectivity index (χ4v) is 14.3. The van der Waals surface area contributed by atoms with Crippen LogP contribution in [0.3, 0.4) is 0 Å². The smallest absolute Gasteiger partial charge is 0.410 e.